The summed E-state index contributed by atoms with van der Waals surface area (Å²) in [5.41, 5.74) is 1.54. The van der Waals surface area contributed by atoms with Crippen molar-refractivity contribution in [2.45, 2.75) is 6.92 Å². The molecule has 20 heavy (non-hydrogen) atoms. The highest BCUT2D eigenvalue weighted by Gasteiger charge is 2.11. The number of carbonyl (C=O) groups is 1. The molecule has 0 bridgehead atoms. The zero-order chi connectivity index (χ0) is 14.3. The van der Waals surface area contributed by atoms with E-state index in [0.29, 0.717) is 16.5 Å². The van der Waals surface area contributed by atoms with E-state index < -0.39 is 5.97 Å². The van der Waals surface area contributed by atoms with Crippen LogP contribution in [0.4, 0.5) is 0 Å². The molecule has 0 spiro atoms. The first kappa shape index (κ1) is 12.4. The Hall–Kier alpha value is -2.62. The molecular weight excluding hydrogens is 256 g/mol. The lowest BCUT2D eigenvalue weighted by Gasteiger charge is -2.05. The van der Waals surface area contributed by atoms with Crippen molar-refractivity contribution in [1.29, 1.82) is 0 Å². The fourth-order valence-corrected chi connectivity index (χ4v) is 2.29. The molecule has 3 rings (SSSR count). The maximum atomic E-state index is 11.9. The third-order valence-electron chi connectivity index (χ3n) is 3.29. The summed E-state index contributed by atoms with van der Waals surface area (Å²) in [6, 6.07) is 10.4. The summed E-state index contributed by atoms with van der Waals surface area (Å²) in [6.45, 7) is 1.95. The van der Waals surface area contributed by atoms with E-state index >= 15 is 0 Å². The molecule has 1 heterocycles. The minimum atomic E-state index is -0.418. The lowest BCUT2D eigenvalue weighted by molar-refractivity contribution is 0.0601. The van der Waals surface area contributed by atoms with Crippen molar-refractivity contribution in [3.05, 3.63) is 57.9 Å². The zero-order valence-electron chi connectivity index (χ0n) is 11.1. The van der Waals surface area contributed by atoms with Crippen molar-refractivity contribution in [3.63, 3.8) is 0 Å². The molecule has 0 radical (unpaired) electrons. The number of carbonyl (C=O) groups excluding carboxylic acids is 1. The van der Waals surface area contributed by atoms with E-state index in [1.54, 1.807) is 24.3 Å². The lowest BCUT2D eigenvalue weighted by atomic mass is 10.0. The van der Waals surface area contributed by atoms with Gasteiger partial charge < -0.3 is 9.15 Å². The normalized spacial score (nSPS) is 10.9. The fourth-order valence-electron chi connectivity index (χ4n) is 2.29. The summed E-state index contributed by atoms with van der Waals surface area (Å²) in [5, 5.41) is 2.01. The number of rotatable bonds is 1. The van der Waals surface area contributed by atoms with E-state index in [1.165, 1.54) is 7.11 Å². The minimum Gasteiger partial charge on any atom is -0.465 e. The van der Waals surface area contributed by atoms with Gasteiger partial charge in [-0.3, -0.25) is 0 Å². The van der Waals surface area contributed by atoms with Crippen LogP contribution >= 0.6 is 0 Å². The van der Waals surface area contributed by atoms with Crippen molar-refractivity contribution in [2.75, 3.05) is 7.11 Å². The number of methoxy groups -OCH3 is 1. The fraction of sp³-hybridized carbons (Fsp3) is 0.125. The van der Waals surface area contributed by atoms with Gasteiger partial charge in [-0.2, -0.15) is 0 Å². The first-order valence-electron chi connectivity index (χ1n) is 6.15. The van der Waals surface area contributed by atoms with Crippen LogP contribution in [0.3, 0.4) is 0 Å². The molecule has 0 aliphatic carbocycles. The van der Waals surface area contributed by atoms with Crippen molar-refractivity contribution in [2.24, 2.45) is 0 Å². The summed E-state index contributed by atoms with van der Waals surface area (Å²) >= 11 is 0. The van der Waals surface area contributed by atoms with Crippen LogP contribution in [-0.4, -0.2) is 13.1 Å². The number of hydrogen-bond acceptors (Lipinski definition) is 4. The highest BCUT2D eigenvalue weighted by atomic mass is 16.5. The number of ether oxygens (including phenoxy) is 1. The topological polar surface area (TPSA) is 56.5 Å². The van der Waals surface area contributed by atoms with Crippen molar-refractivity contribution < 1.29 is 13.9 Å². The van der Waals surface area contributed by atoms with Crippen molar-refractivity contribution in [3.8, 4) is 0 Å². The standard InChI is InChI=1S/C16H12O4/c1-9-3-5-11-12(7-9)13-8-10(15(17)19-2)4-6-14(13)20-16(11)18/h3-8H,1-2H3. The average Bonchev–Trinajstić information content (AvgIpc) is 2.46. The van der Waals surface area contributed by atoms with Gasteiger partial charge in [-0.05, 0) is 31.2 Å². The Kier molecular flexibility index (Phi) is 2.79. The molecule has 0 aliphatic heterocycles. The molecule has 3 aromatic rings. The van der Waals surface area contributed by atoms with Crippen LogP contribution in [0.2, 0.25) is 0 Å². The minimum absolute atomic E-state index is 0.377. The molecule has 0 N–H and O–H groups in total. The van der Waals surface area contributed by atoms with Crippen molar-refractivity contribution in [1.82, 2.24) is 0 Å². The van der Waals surface area contributed by atoms with Crippen molar-refractivity contribution >= 4 is 27.7 Å². The summed E-state index contributed by atoms with van der Waals surface area (Å²) in [6.07, 6.45) is 0. The van der Waals surface area contributed by atoms with Gasteiger partial charge in [0, 0.05) is 10.8 Å². The number of hydrogen-bond donors (Lipinski definition) is 0. The SMILES string of the molecule is COC(=O)c1ccc2oc(=O)c3ccc(C)cc3c2c1. The van der Waals surface area contributed by atoms with Gasteiger partial charge in [-0.15, -0.1) is 0 Å². The van der Waals surface area contributed by atoms with Crippen LogP contribution in [0.1, 0.15) is 15.9 Å². The van der Waals surface area contributed by atoms with E-state index in [9.17, 15) is 9.59 Å². The second-order valence-electron chi connectivity index (χ2n) is 4.64. The van der Waals surface area contributed by atoms with Crippen LogP contribution in [0.15, 0.2) is 45.6 Å². The predicted octanol–water partition coefficient (Wildman–Crippen LogP) is 3.04. The van der Waals surface area contributed by atoms with E-state index in [1.807, 2.05) is 19.1 Å². The van der Waals surface area contributed by atoms with Crippen LogP contribution in [0, 0.1) is 6.92 Å². The Morgan fingerprint density at radius 1 is 1.05 bits per heavy atom. The number of fused-ring (bicyclic) bond motifs is 3. The third-order valence-corrected chi connectivity index (χ3v) is 3.29. The van der Waals surface area contributed by atoms with Gasteiger partial charge in [0.15, 0.2) is 0 Å². The van der Waals surface area contributed by atoms with E-state index in [0.717, 1.165) is 16.3 Å². The van der Waals surface area contributed by atoms with E-state index in [-0.39, 0.29) is 5.63 Å². The molecule has 0 amide bonds. The quantitative estimate of drug-likeness (QED) is 0.386. The molecule has 0 unspecified atom stereocenters. The van der Waals surface area contributed by atoms with Gasteiger partial charge in [-0.1, -0.05) is 17.7 Å². The summed E-state index contributed by atoms with van der Waals surface area (Å²) < 4.78 is 9.99. The largest absolute Gasteiger partial charge is 0.465 e. The molecule has 0 saturated heterocycles. The molecule has 1 aromatic heterocycles. The second-order valence-corrected chi connectivity index (χ2v) is 4.64. The maximum Gasteiger partial charge on any atom is 0.344 e. The van der Waals surface area contributed by atoms with E-state index in [2.05, 4.69) is 0 Å². The summed E-state index contributed by atoms with van der Waals surface area (Å²) in [7, 11) is 1.33. The van der Waals surface area contributed by atoms with Crippen LogP contribution in [0.5, 0.6) is 0 Å². The molecule has 0 aliphatic rings. The Balaban J connectivity index is 2.46. The lowest BCUT2D eigenvalue weighted by Crippen LogP contribution is -2.03. The Bertz CT molecular complexity index is 890. The third kappa shape index (κ3) is 1.86. The second kappa shape index (κ2) is 4.49. The summed E-state index contributed by atoms with van der Waals surface area (Å²) in [4.78, 5) is 23.5. The maximum absolute atomic E-state index is 11.9. The van der Waals surface area contributed by atoms with Gasteiger partial charge >= 0.3 is 11.6 Å². The molecule has 2 aromatic carbocycles. The van der Waals surface area contributed by atoms with Crippen LogP contribution in [-0.2, 0) is 4.74 Å². The molecule has 4 heteroatoms. The zero-order valence-corrected chi connectivity index (χ0v) is 11.1. The molecule has 0 atom stereocenters. The molecule has 100 valence electrons. The Morgan fingerprint density at radius 2 is 1.85 bits per heavy atom. The predicted molar refractivity (Wildman–Crippen MR) is 76.1 cm³/mol. The molecular formula is C16H12O4. The Labute approximate surface area is 114 Å². The summed E-state index contributed by atoms with van der Waals surface area (Å²) in [5.74, 6) is -0.418. The molecule has 0 fully saturated rings. The highest BCUT2D eigenvalue weighted by Crippen LogP contribution is 2.25. The first-order valence-corrected chi connectivity index (χ1v) is 6.15. The molecule has 4 nitrogen and oxygen atoms in total. The number of aryl methyl sites for hydroxylation is 1. The van der Waals surface area contributed by atoms with Crippen LogP contribution < -0.4 is 5.63 Å². The van der Waals surface area contributed by atoms with Crippen LogP contribution in [0.25, 0.3) is 21.7 Å². The van der Waals surface area contributed by atoms with Gasteiger partial charge in [0.1, 0.15) is 5.58 Å². The first-order chi connectivity index (χ1) is 9.60. The highest BCUT2D eigenvalue weighted by molar-refractivity contribution is 6.07. The van der Waals surface area contributed by atoms with Gasteiger partial charge in [0.2, 0.25) is 0 Å². The van der Waals surface area contributed by atoms with Gasteiger partial charge in [0.25, 0.3) is 0 Å². The van der Waals surface area contributed by atoms with Gasteiger partial charge in [-0.25, -0.2) is 9.59 Å². The van der Waals surface area contributed by atoms with E-state index in [4.69, 9.17) is 9.15 Å². The monoisotopic (exact) mass is 268 g/mol. The number of esters is 1. The average molecular weight is 268 g/mol. The van der Waals surface area contributed by atoms with Gasteiger partial charge in [0.05, 0.1) is 18.1 Å². The smallest absolute Gasteiger partial charge is 0.344 e. The molecule has 0 saturated carbocycles. The number of benzene rings is 2. The Morgan fingerprint density at radius 3 is 2.60 bits per heavy atom.